The van der Waals surface area contributed by atoms with Gasteiger partial charge in [0.25, 0.3) is 0 Å². The van der Waals surface area contributed by atoms with E-state index in [1.54, 1.807) is 0 Å². The number of amides is 1. The summed E-state index contributed by atoms with van der Waals surface area (Å²) in [4.78, 5) is 12.0. The first-order valence-corrected chi connectivity index (χ1v) is 7.51. The maximum Gasteiger partial charge on any atom is 0.224 e. The minimum Gasteiger partial charge on any atom is -0.349 e. The monoisotopic (exact) mass is 351 g/mol. The molecule has 2 aromatic carbocycles. The van der Waals surface area contributed by atoms with Gasteiger partial charge < -0.3 is 5.32 Å². The molecule has 2 aromatic rings. The number of hydrogen-bond acceptors (Lipinski definition) is 1. The molecule has 0 aliphatic heterocycles. The molecule has 1 N–H and O–H groups in total. The van der Waals surface area contributed by atoms with Crippen LogP contribution in [-0.4, -0.2) is 5.91 Å². The lowest BCUT2D eigenvalue weighted by Crippen LogP contribution is -2.28. The summed E-state index contributed by atoms with van der Waals surface area (Å²) in [6, 6.07) is 15.2. The van der Waals surface area contributed by atoms with E-state index >= 15 is 0 Å². The second-order valence-electron chi connectivity index (χ2n) is 4.61. The molecular formula is C16H15BrClNO. The van der Waals surface area contributed by atoms with E-state index in [4.69, 9.17) is 11.6 Å². The molecule has 0 heterocycles. The standard InChI is InChI=1S/C16H15BrClNO/c1-11(14-4-2-3-5-15(14)18)19-16(20)10-12-6-8-13(17)9-7-12/h2-9,11H,10H2,1H3,(H,19,20). The Balaban J connectivity index is 1.98. The zero-order valence-corrected chi connectivity index (χ0v) is 13.4. The van der Waals surface area contributed by atoms with Gasteiger partial charge in [-0.1, -0.05) is 57.9 Å². The zero-order chi connectivity index (χ0) is 14.5. The molecule has 0 saturated heterocycles. The second-order valence-corrected chi connectivity index (χ2v) is 5.94. The Hall–Kier alpha value is -1.32. The van der Waals surface area contributed by atoms with Gasteiger partial charge in [0.15, 0.2) is 0 Å². The molecule has 20 heavy (non-hydrogen) atoms. The van der Waals surface area contributed by atoms with Crippen LogP contribution in [0.5, 0.6) is 0 Å². The van der Waals surface area contributed by atoms with Gasteiger partial charge in [-0.2, -0.15) is 0 Å². The van der Waals surface area contributed by atoms with Gasteiger partial charge >= 0.3 is 0 Å². The van der Waals surface area contributed by atoms with Crippen LogP contribution in [0.1, 0.15) is 24.1 Å². The van der Waals surface area contributed by atoms with E-state index in [-0.39, 0.29) is 11.9 Å². The Morgan fingerprint density at radius 1 is 1.20 bits per heavy atom. The van der Waals surface area contributed by atoms with Crippen LogP contribution in [0.3, 0.4) is 0 Å². The van der Waals surface area contributed by atoms with E-state index < -0.39 is 0 Å². The molecule has 2 nitrogen and oxygen atoms in total. The van der Waals surface area contributed by atoms with Crippen LogP contribution in [0.15, 0.2) is 53.0 Å². The number of hydrogen-bond donors (Lipinski definition) is 1. The smallest absolute Gasteiger partial charge is 0.224 e. The molecule has 0 aliphatic carbocycles. The SMILES string of the molecule is CC(NC(=O)Cc1ccc(Br)cc1)c1ccccc1Cl. The fourth-order valence-corrected chi connectivity index (χ4v) is 2.55. The molecular weight excluding hydrogens is 338 g/mol. The van der Waals surface area contributed by atoms with Gasteiger partial charge in [0.1, 0.15) is 0 Å². The lowest BCUT2D eigenvalue weighted by Gasteiger charge is -2.15. The lowest BCUT2D eigenvalue weighted by molar-refractivity contribution is -0.121. The van der Waals surface area contributed by atoms with Crippen LogP contribution in [0.4, 0.5) is 0 Å². The molecule has 2 rings (SSSR count). The van der Waals surface area contributed by atoms with Crippen molar-refractivity contribution in [3.05, 3.63) is 69.2 Å². The summed E-state index contributed by atoms with van der Waals surface area (Å²) in [5.41, 5.74) is 1.91. The van der Waals surface area contributed by atoms with Crippen molar-refractivity contribution in [2.24, 2.45) is 0 Å². The molecule has 0 saturated carbocycles. The molecule has 0 spiro atoms. The van der Waals surface area contributed by atoms with Gasteiger partial charge in [-0.15, -0.1) is 0 Å². The van der Waals surface area contributed by atoms with E-state index in [1.165, 1.54) is 0 Å². The number of halogens is 2. The minimum absolute atomic E-state index is 0.0141. The Morgan fingerprint density at radius 3 is 2.50 bits per heavy atom. The number of carbonyl (C=O) groups excluding carboxylic acids is 1. The minimum atomic E-state index is -0.105. The summed E-state index contributed by atoms with van der Waals surface area (Å²) in [7, 11) is 0. The summed E-state index contributed by atoms with van der Waals surface area (Å²) in [5, 5.41) is 3.64. The van der Waals surface area contributed by atoms with Crippen molar-refractivity contribution in [1.29, 1.82) is 0 Å². The predicted octanol–water partition coefficient (Wildman–Crippen LogP) is 4.52. The van der Waals surface area contributed by atoms with E-state index in [9.17, 15) is 4.79 Å². The van der Waals surface area contributed by atoms with Gasteiger partial charge in [-0.3, -0.25) is 4.79 Å². The van der Waals surface area contributed by atoms with Crippen LogP contribution < -0.4 is 5.32 Å². The van der Waals surface area contributed by atoms with Crippen LogP contribution in [0.2, 0.25) is 5.02 Å². The van der Waals surface area contributed by atoms with Crippen LogP contribution in [0.25, 0.3) is 0 Å². The van der Waals surface area contributed by atoms with Gasteiger partial charge in [0.2, 0.25) is 5.91 Å². The van der Waals surface area contributed by atoms with Gasteiger partial charge in [0, 0.05) is 9.50 Å². The highest BCUT2D eigenvalue weighted by atomic mass is 79.9. The molecule has 0 aliphatic rings. The van der Waals surface area contributed by atoms with Crippen LogP contribution in [0, 0.1) is 0 Å². The van der Waals surface area contributed by atoms with Crippen LogP contribution >= 0.6 is 27.5 Å². The zero-order valence-electron chi connectivity index (χ0n) is 11.1. The van der Waals surface area contributed by atoms with Crippen molar-refractivity contribution in [2.45, 2.75) is 19.4 Å². The normalized spacial score (nSPS) is 11.9. The maximum atomic E-state index is 12.0. The fraction of sp³-hybridized carbons (Fsp3) is 0.188. The quantitative estimate of drug-likeness (QED) is 0.861. The van der Waals surface area contributed by atoms with Crippen molar-refractivity contribution in [2.75, 3.05) is 0 Å². The predicted molar refractivity (Wildman–Crippen MR) is 85.9 cm³/mol. The van der Waals surface area contributed by atoms with E-state index in [2.05, 4.69) is 21.2 Å². The molecule has 0 fully saturated rings. The van der Waals surface area contributed by atoms with Crippen molar-refractivity contribution in [3.63, 3.8) is 0 Å². The van der Waals surface area contributed by atoms with Crippen molar-refractivity contribution in [3.8, 4) is 0 Å². The summed E-state index contributed by atoms with van der Waals surface area (Å²) in [6.07, 6.45) is 0.363. The van der Waals surface area contributed by atoms with Crippen molar-refractivity contribution < 1.29 is 4.79 Å². The highest BCUT2D eigenvalue weighted by molar-refractivity contribution is 9.10. The topological polar surface area (TPSA) is 29.1 Å². The Bertz CT molecular complexity index is 598. The molecule has 104 valence electrons. The molecule has 1 amide bonds. The van der Waals surface area contributed by atoms with Crippen molar-refractivity contribution >= 4 is 33.4 Å². The van der Waals surface area contributed by atoms with Crippen molar-refractivity contribution in [1.82, 2.24) is 5.32 Å². The highest BCUT2D eigenvalue weighted by Gasteiger charge is 2.12. The number of rotatable bonds is 4. The van der Waals surface area contributed by atoms with E-state index in [1.807, 2.05) is 55.5 Å². The average molecular weight is 353 g/mol. The Morgan fingerprint density at radius 2 is 1.85 bits per heavy atom. The summed E-state index contributed by atoms with van der Waals surface area (Å²) in [6.45, 7) is 1.93. The number of nitrogens with one attached hydrogen (secondary N) is 1. The molecule has 0 aromatic heterocycles. The first kappa shape index (κ1) is 15.1. The van der Waals surface area contributed by atoms with Gasteiger partial charge in [-0.05, 0) is 36.2 Å². The first-order chi connectivity index (χ1) is 9.56. The van der Waals surface area contributed by atoms with E-state index in [0.29, 0.717) is 11.4 Å². The van der Waals surface area contributed by atoms with Gasteiger partial charge in [0.05, 0.1) is 12.5 Å². The third-order valence-corrected chi connectivity index (χ3v) is 3.90. The fourth-order valence-electron chi connectivity index (χ4n) is 1.98. The Labute approximate surface area is 132 Å². The summed E-state index contributed by atoms with van der Waals surface area (Å²) in [5.74, 6) is -0.0141. The summed E-state index contributed by atoms with van der Waals surface area (Å²) >= 11 is 9.50. The maximum absolute atomic E-state index is 12.0. The lowest BCUT2D eigenvalue weighted by atomic mass is 10.1. The number of benzene rings is 2. The number of carbonyl (C=O) groups is 1. The Kier molecular flexibility index (Phi) is 5.21. The molecule has 0 bridgehead atoms. The van der Waals surface area contributed by atoms with E-state index in [0.717, 1.165) is 15.6 Å². The van der Waals surface area contributed by atoms with Gasteiger partial charge in [-0.25, -0.2) is 0 Å². The second kappa shape index (κ2) is 6.91. The molecule has 1 atom stereocenters. The average Bonchev–Trinajstić information content (AvgIpc) is 2.41. The molecule has 4 heteroatoms. The highest BCUT2D eigenvalue weighted by Crippen LogP contribution is 2.22. The van der Waals surface area contributed by atoms with Crippen LogP contribution in [-0.2, 0) is 11.2 Å². The summed E-state index contributed by atoms with van der Waals surface area (Å²) < 4.78 is 1.01. The third kappa shape index (κ3) is 4.09. The molecule has 1 unspecified atom stereocenters. The third-order valence-electron chi connectivity index (χ3n) is 3.03. The molecule has 0 radical (unpaired) electrons. The largest absolute Gasteiger partial charge is 0.349 e. The first-order valence-electron chi connectivity index (χ1n) is 6.34.